The van der Waals surface area contributed by atoms with E-state index >= 15 is 0 Å². The molecule has 0 amide bonds. The summed E-state index contributed by atoms with van der Waals surface area (Å²) < 4.78 is 5.03. The number of ketones is 1. The van der Waals surface area contributed by atoms with Crippen molar-refractivity contribution in [2.75, 3.05) is 6.61 Å². The summed E-state index contributed by atoms with van der Waals surface area (Å²) in [6.45, 7) is 0.115. The number of aromatic carboxylic acids is 2. The van der Waals surface area contributed by atoms with Gasteiger partial charge in [-0.1, -0.05) is 0 Å². The molecule has 88 valence electrons. The highest BCUT2D eigenvalue weighted by Gasteiger charge is 2.27. The van der Waals surface area contributed by atoms with Crippen LogP contribution in [0.1, 0.15) is 37.6 Å². The number of nitrogens with zero attached hydrogens (tertiary/aromatic N) is 1. The highest BCUT2D eigenvalue weighted by atomic mass is 16.5. The molecule has 0 bridgehead atoms. The molecule has 0 saturated heterocycles. The Morgan fingerprint density at radius 2 is 2.00 bits per heavy atom. The van der Waals surface area contributed by atoms with Crippen LogP contribution < -0.4 is 4.74 Å². The highest BCUT2D eigenvalue weighted by Crippen LogP contribution is 2.25. The van der Waals surface area contributed by atoms with E-state index in [1.54, 1.807) is 0 Å². The Hall–Kier alpha value is -2.44. The van der Waals surface area contributed by atoms with E-state index in [-0.39, 0.29) is 30.3 Å². The molecule has 7 nitrogen and oxygen atoms in total. The molecule has 0 unspecified atom stereocenters. The lowest BCUT2D eigenvalue weighted by Gasteiger charge is -2.16. The number of carboxylic acid groups (broad SMARTS) is 2. The summed E-state index contributed by atoms with van der Waals surface area (Å²) in [4.78, 5) is 36.7. The molecule has 17 heavy (non-hydrogen) atoms. The van der Waals surface area contributed by atoms with E-state index in [0.29, 0.717) is 0 Å². The van der Waals surface area contributed by atoms with E-state index in [9.17, 15) is 14.4 Å². The molecule has 0 saturated carbocycles. The Morgan fingerprint density at radius 3 is 2.59 bits per heavy atom. The van der Waals surface area contributed by atoms with Gasteiger partial charge in [-0.05, 0) is 6.07 Å². The van der Waals surface area contributed by atoms with Crippen molar-refractivity contribution in [1.82, 2.24) is 4.98 Å². The number of aromatic nitrogens is 1. The van der Waals surface area contributed by atoms with Crippen LogP contribution in [-0.4, -0.2) is 39.5 Å². The molecular formula is C10H7NO6. The van der Waals surface area contributed by atoms with Crippen LogP contribution in [0.4, 0.5) is 0 Å². The fourth-order valence-electron chi connectivity index (χ4n) is 1.51. The normalized spacial score (nSPS) is 13.8. The van der Waals surface area contributed by atoms with Gasteiger partial charge < -0.3 is 14.9 Å². The molecule has 0 aromatic carbocycles. The smallest absolute Gasteiger partial charge is 0.355 e. The zero-order valence-corrected chi connectivity index (χ0v) is 8.47. The summed E-state index contributed by atoms with van der Waals surface area (Å²) in [6, 6.07) is 0.996. The molecule has 1 aliphatic rings. The average Bonchev–Trinajstić information content (AvgIpc) is 2.27. The second-order valence-electron chi connectivity index (χ2n) is 3.37. The first-order valence-corrected chi connectivity index (χ1v) is 4.68. The van der Waals surface area contributed by atoms with Crippen molar-refractivity contribution >= 4 is 17.7 Å². The lowest BCUT2D eigenvalue weighted by molar-refractivity contribution is 0.0644. The van der Waals surface area contributed by atoms with Crippen molar-refractivity contribution in [2.24, 2.45) is 0 Å². The number of hydrogen-bond donors (Lipinski definition) is 2. The third kappa shape index (κ3) is 1.82. The minimum atomic E-state index is -1.48. The lowest BCUT2D eigenvalue weighted by atomic mass is 10.0. The third-order valence-electron chi connectivity index (χ3n) is 2.29. The number of carboxylic acids is 2. The zero-order valence-electron chi connectivity index (χ0n) is 8.47. The molecule has 7 heteroatoms. The second kappa shape index (κ2) is 3.85. The largest absolute Gasteiger partial charge is 0.478 e. The molecule has 1 aromatic rings. The van der Waals surface area contributed by atoms with Gasteiger partial charge in [0.05, 0.1) is 17.7 Å². The first kappa shape index (κ1) is 11.1. The van der Waals surface area contributed by atoms with Crippen LogP contribution in [0, 0.1) is 0 Å². The van der Waals surface area contributed by atoms with Crippen molar-refractivity contribution in [3.8, 4) is 5.88 Å². The van der Waals surface area contributed by atoms with Gasteiger partial charge in [-0.25, -0.2) is 14.6 Å². The number of Topliss-reactive ketones (excluding diaryl/α,β-unsaturated/α-hetero) is 1. The molecule has 0 atom stereocenters. The van der Waals surface area contributed by atoms with E-state index in [1.807, 2.05) is 0 Å². The van der Waals surface area contributed by atoms with Crippen molar-refractivity contribution < 1.29 is 29.3 Å². The van der Waals surface area contributed by atoms with Gasteiger partial charge in [-0.3, -0.25) is 4.79 Å². The van der Waals surface area contributed by atoms with Crippen molar-refractivity contribution in [1.29, 1.82) is 0 Å². The molecule has 1 aliphatic heterocycles. The van der Waals surface area contributed by atoms with E-state index in [0.717, 1.165) is 6.07 Å². The molecule has 2 heterocycles. The maximum absolute atomic E-state index is 11.5. The van der Waals surface area contributed by atoms with Crippen LogP contribution >= 0.6 is 0 Å². The van der Waals surface area contributed by atoms with Gasteiger partial charge in [0.2, 0.25) is 5.88 Å². The first-order valence-electron chi connectivity index (χ1n) is 4.68. The molecule has 1 aromatic heterocycles. The number of rotatable bonds is 2. The van der Waals surface area contributed by atoms with Crippen LogP contribution in [0.5, 0.6) is 5.88 Å². The maximum Gasteiger partial charge on any atom is 0.355 e. The molecule has 0 aliphatic carbocycles. The summed E-state index contributed by atoms with van der Waals surface area (Å²) in [5, 5.41) is 17.7. The van der Waals surface area contributed by atoms with Crippen LogP contribution in [-0.2, 0) is 0 Å². The van der Waals surface area contributed by atoms with Gasteiger partial charge in [0.25, 0.3) is 0 Å². The Morgan fingerprint density at radius 1 is 1.29 bits per heavy atom. The first-order chi connectivity index (χ1) is 8.00. The zero-order chi connectivity index (χ0) is 12.6. The second-order valence-corrected chi connectivity index (χ2v) is 3.37. The number of ether oxygens (including phenoxy) is 1. The molecule has 2 N–H and O–H groups in total. The summed E-state index contributed by atoms with van der Waals surface area (Å²) in [7, 11) is 0. The fraction of sp³-hybridized carbons (Fsp3) is 0.200. The van der Waals surface area contributed by atoms with E-state index in [1.165, 1.54) is 0 Å². The average molecular weight is 237 g/mol. The Labute approximate surface area is 94.7 Å². The van der Waals surface area contributed by atoms with Crippen molar-refractivity contribution in [2.45, 2.75) is 6.42 Å². The fourth-order valence-corrected chi connectivity index (χ4v) is 1.51. The number of pyridine rings is 1. The van der Waals surface area contributed by atoms with Crippen molar-refractivity contribution in [3.63, 3.8) is 0 Å². The van der Waals surface area contributed by atoms with Gasteiger partial charge in [0.15, 0.2) is 11.5 Å². The van der Waals surface area contributed by atoms with Crippen LogP contribution in [0.25, 0.3) is 0 Å². The van der Waals surface area contributed by atoms with E-state index in [2.05, 4.69) is 4.98 Å². The summed E-state index contributed by atoms with van der Waals surface area (Å²) in [5.41, 5.74) is -1.14. The molecule has 0 radical (unpaired) electrons. The van der Waals surface area contributed by atoms with Gasteiger partial charge in [0.1, 0.15) is 0 Å². The van der Waals surface area contributed by atoms with Crippen LogP contribution in [0.15, 0.2) is 6.07 Å². The summed E-state index contributed by atoms with van der Waals surface area (Å²) >= 11 is 0. The van der Waals surface area contributed by atoms with Crippen molar-refractivity contribution in [3.05, 3.63) is 22.9 Å². The molecule has 2 rings (SSSR count). The van der Waals surface area contributed by atoms with Gasteiger partial charge in [-0.2, -0.15) is 0 Å². The predicted molar refractivity (Wildman–Crippen MR) is 52.6 cm³/mol. The number of hydrogen-bond acceptors (Lipinski definition) is 5. The Bertz CT molecular complexity index is 536. The molecule has 0 fully saturated rings. The van der Waals surface area contributed by atoms with Gasteiger partial charge in [0, 0.05) is 6.42 Å². The van der Waals surface area contributed by atoms with Gasteiger partial charge in [-0.15, -0.1) is 0 Å². The van der Waals surface area contributed by atoms with Crippen LogP contribution in [0.2, 0.25) is 0 Å². The predicted octanol–water partition coefficient (Wildman–Crippen LogP) is 0.443. The van der Waals surface area contributed by atoms with Gasteiger partial charge >= 0.3 is 11.9 Å². The Balaban J connectivity index is 2.67. The summed E-state index contributed by atoms with van der Waals surface area (Å²) in [6.07, 6.45) is 0.125. The Kier molecular flexibility index (Phi) is 2.51. The standard InChI is InChI=1S/C10H7NO6/c12-6-1-2-17-8-4(6)3-5(9(13)14)7(11-8)10(15)16/h3H,1-2H2,(H,13,14)(H,15,16). The highest BCUT2D eigenvalue weighted by molar-refractivity contribution is 6.05. The SMILES string of the molecule is O=C1CCOc2nc(C(=O)O)c(C(=O)O)cc21. The monoisotopic (exact) mass is 237 g/mol. The minimum absolute atomic E-state index is 0.0126. The topological polar surface area (TPSA) is 114 Å². The maximum atomic E-state index is 11.5. The molecular weight excluding hydrogens is 230 g/mol. The summed E-state index contributed by atoms with van der Waals surface area (Å²) in [5.74, 6) is -3.36. The quantitative estimate of drug-likeness (QED) is 0.767. The van der Waals surface area contributed by atoms with E-state index in [4.69, 9.17) is 14.9 Å². The third-order valence-corrected chi connectivity index (χ3v) is 2.29. The number of fused-ring (bicyclic) bond motifs is 1. The lowest BCUT2D eigenvalue weighted by Crippen LogP contribution is -2.20. The molecule has 0 spiro atoms. The van der Waals surface area contributed by atoms with E-state index < -0.39 is 23.2 Å². The number of carbonyl (C=O) groups excluding carboxylic acids is 1. The minimum Gasteiger partial charge on any atom is -0.478 e. The van der Waals surface area contributed by atoms with Crippen LogP contribution in [0.3, 0.4) is 0 Å². The number of carbonyl (C=O) groups is 3.